The topological polar surface area (TPSA) is 78.9 Å². The minimum Gasteiger partial charge on any atom is -0.462 e. The number of ether oxygens (including phenoxy) is 3. The van der Waals surface area contributed by atoms with Gasteiger partial charge in [0.25, 0.3) is 0 Å². The molecular weight excluding hydrogens is 949 g/mol. The fourth-order valence-electron chi connectivity index (χ4n) is 8.21. The summed E-state index contributed by atoms with van der Waals surface area (Å²) in [6, 6.07) is 0. The Morgan fingerprint density at radius 3 is 0.792 bits per heavy atom. The van der Waals surface area contributed by atoms with Crippen molar-refractivity contribution >= 4 is 17.9 Å². The van der Waals surface area contributed by atoms with Crippen molar-refractivity contribution in [1.82, 2.24) is 0 Å². The first-order chi connectivity index (χ1) is 38.0. The number of unbranched alkanes of at least 4 members (excludes halogenated alkanes) is 20. The molecule has 6 heteroatoms. The SMILES string of the molecule is CC/C=C\C/C=C\C/C=C\C/C=C\C/C=C\C/C=C\C/C=C\C/C=C\CCCCCCCCC(=O)OCC(COC(=O)CCCCCCCCCCCCC)OC(=O)CCCCCC/C=C\C/C=C\C/C=C\C/C=C\CC. The fourth-order valence-corrected chi connectivity index (χ4v) is 8.21. The standard InChI is InChI=1S/C71H114O6/c1-4-7-10-13-16-19-22-24-26-28-29-30-31-32-33-34-35-36-37-38-39-40-41-43-44-46-49-52-55-58-61-64-70(73)76-67-68(66-75-69(72)63-60-57-54-51-48-21-18-15-12-9-6-3)77-71(74)65-62-59-56-53-50-47-45-42-27-25-23-20-17-14-11-8-5-2/h7-8,10-11,16-17,19-20,24-27,29-30,32-33,35-36,38-39,41,43,45,47,68H,4-6,9,12-15,18,21-23,28,31,34,37,40,42,44,46,48-67H2,1-3H3/b10-7-,11-8-,19-16-,20-17-,26-24-,27-25-,30-29-,33-32-,36-35-,39-38-,43-41-,47-45-. The van der Waals surface area contributed by atoms with Crippen LogP contribution in [-0.2, 0) is 28.6 Å². The average molecular weight is 1060 g/mol. The molecule has 77 heavy (non-hydrogen) atoms. The summed E-state index contributed by atoms with van der Waals surface area (Å²) >= 11 is 0. The third-order valence-corrected chi connectivity index (χ3v) is 12.8. The van der Waals surface area contributed by atoms with Gasteiger partial charge in [0, 0.05) is 19.3 Å². The highest BCUT2D eigenvalue weighted by molar-refractivity contribution is 5.71. The Kier molecular flexibility index (Phi) is 59.9. The van der Waals surface area contributed by atoms with Crippen LogP contribution in [0.4, 0.5) is 0 Å². The van der Waals surface area contributed by atoms with E-state index in [9.17, 15) is 14.4 Å². The number of hydrogen-bond donors (Lipinski definition) is 0. The lowest BCUT2D eigenvalue weighted by molar-refractivity contribution is -0.167. The number of esters is 3. The van der Waals surface area contributed by atoms with Crippen LogP contribution in [-0.4, -0.2) is 37.2 Å². The summed E-state index contributed by atoms with van der Waals surface area (Å²) in [7, 11) is 0. The lowest BCUT2D eigenvalue weighted by atomic mass is 10.1. The quantitative estimate of drug-likeness (QED) is 0.0261. The average Bonchev–Trinajstić information content (AvgIpc) is 3.43. The molecule has 1 unspecified atom stereocenters. The monoisotopic (exact) mass is 1060 g/mol. The molecule has 434 valence electrons. The highest BCUT2D eigenvalue weighted by Gasteiger charge is 2.19. The second kappa shape index (κ2) is 63.8. The van der Waals surface area contributed by atoms with Gasteiger partial charge in [-0.2, -0.15) is 0 Å². The lowest BCUT2D eigenvalue weighted by Gasteiger charge is -2.18. The van der Waals surface area contributed by atoms with Gasteiger partial charge < -0.3 is 14.2 Å². The van der Waals surface area contributed by atoms with E-state index >= 15 is 0 Å². The molecule has 0 amide bonds. The zero-order valence-electron chi connectivity index (χ0n) is 49.7. The molecule has 0 aromatic heterocycles. The van der Waals surface area contributed by atoms with Crippen molar-refractivity contribution in [2.45, 2.75) is 271 Å². The smallest absolute Gasteiger partial charge is 0.306 e. The van der Waals surface area contributed by atoms with Gasteiger partial charge in [0.05, 0.1) is 0 Å². The predicted molar refractivity (Wildman–Crippen MR) is 334 cm³/mol. The van der Waals surface area contributed by atoms with E-state index in [2.05, 4.69) is 167 Å². The molecule has 0 aliphatic heterocycles. The van der Waals surface area contributed by atoms with Crippen molar-refractivity contribution in [2.75, 3.05) is 13.2 Å². The third kappa shape index (κ3) is 62.0. The molecule has 0 aliphatic rings. The molecule has 6 nitrogen and oxygen atoms in total. The van der Waals surface area contributed by atoms with Crippen LogP contribution in [0.2, 0.25) is 0 Å². The van der Waals surface area contributed by atoms with E-state index in [0.717, 1.165) is 161 Å². The molecule has 0 saturated heterocycles. The highest BCUT2D eigenvalue weighted by atomic mass is 16.6. The second-order valence-corrected chi connectivity index (χ2v) is 20.2. The molecule has 0 bridgehead atoms. The van der Waals surface area contributed by atoms with Gasteiger partial charge in [0.1, 0.15) is 13.2 Å². The van der Waals surface area contributed by atoms with E-state index < -0.39 is 6.10 Å². The van der Waals surface area contributed by atoms with Gasteiger partial charge in [0.15, 0.2) is 6.10 Å². The van der Waals surface area contributed by atoms with E-state index in [1.54, 1.807) is 0 Å². The third-order valence-electron chi connectivity index (χ3n) is 12.8. The summed E-state index contributed by atoms with van der Waals surface area (Å²) in [4.78, 5) is 38.2. The van der Waals surface area contributed by atoms with E-state index in [4.69, 9.17) is 14.2 Å². The van der Waals surface area contributed by atoms with Gasteiger partial charge in [-0.1, -0.05) is 269 Å². The number of rotatable bonds is 55. The summed E-state index contributed by atoms with van der Waals surface area (Å²) in [6.07, 6.45) is 91.4. The maximum absolute atomic E-state index is 12.9. The Morgan fingerprint density at radius 1 is 0.273 bits per heavy atom. The van der Waals surface area contributed by atoms with Crippen LogP contribution in [0.5, 0.6) is 0 Å². The first-order valence-corrected chi connectivity index (χ1v) is 31.3. The Labute approximate surface area is 474 Å². The Morgan fingerprint density at radius 2 is 0.506 bits per heavy atom. The van der Waals surface area contributed by atoms with Crippen molar-refractivity contribution in [1.29, 1.82) is 0 Å². The molecule has 0 fully saturated rings. The molecule has 0 aliphatic carbocycles. The van der Waals surface area contributed by atoms with Gasteiger partial charge in [0.2, 0.25) is 0 Å². The van der Waals surface area contributed by atoms with Gasteiger partial charge in [-0.25, -0.2) is 0 Å². The summed E-state index contributed by atoms with van der Waals surface area (Å²) in [6.45, 7) is 6.37. The molecule has 0 saturated carbocycles. The van der Waals surface area contributed by atoms with Crippen molar-refractivity contribution in [3.05, 3.63) is 146 Å². The minimum atomic E-state index is -0.802. The molecule has 1 atom stereocenters. The van der Waals surface area contributed by atoms with E-state index in [-0.39, 0.29) is 31.1 Å². The van der Waals surface area contributed by atoms with Crippen LogP contribution in [0, 0.1) is 0 Å². The van der Waals surface area contributed by atoms with Gasteiger partial charge in [-0.3, -0.25) is 14.4 Å². The first kappa shape index (κ1) is 72.3. The van der Waals surface area contributed by atoms with Crippen molar-refractivity contribution in [3.63, 3.8) is 0 Å². The largest absolute Gasteiger partial charge is 0.462 e. The Balaban J connectivity index is 4.34. The zero-order chi connectivity index (χ0) is 55.7. The minimum absolute atomic E-state index is 0.0955. The fraction of sp³-hybridized carbons (Fsp3) is 0.620. The van der Waals surface area contributed by atoms with Crippen LogP contribution in [0.1, 0.15) is 265 Å². The predicted octanol–water partition coefficient (Wildman–Crippen LogP) is 21.5. The maximum Gasteiger partial charge on any atom is 0.306 e. The molecule has 0 heterocycles. The van der Waals surface area contributed by atoms with Crippen LogP contribution in [0.15, 0.2) is 146 Å². The normalized spacial score (nSPS) is 13.1. The van der Waals surface area contributed by atoms with Crippen molar-refractivity contribution < 1.29 is 28.6 Å². The summed E-state index contributed by atoms with van der Waals surface area (Å²) in [5.41, 5.74) is 0. The molecule has 0 aromatic carbocycles. The van der Waals surface area contributed by atoms with Gasteiger partial charge >= 0.3 is 17.9 Å². The number of allylic oxidation sites excluding steroid dienone is 24. The number of hydrogen-bond acceptors (Lipinski definition) is 6. The van der Waals surface area contributed by atoms with E-state index in [1.165, 1.54) is 64.2 Å². The lowest BCUT2D eigenvalue weighted by Crippen LogP contribution is -2.30. The van der Waals surface area contributed by atoms with Crippen molar-refractivity contribution in [2.24, 2.45) is 0 Å². The highest BCUT2D eigenvalue weighted by Crippen LogP contribution is 2.14. The molecule has 0 aromatic rings. The summed E-state index contributed by atoms with van der Waals surface area (Å²) in [5.74, 6) is -0.937. The van der Waals surface area contributed by atoms with Crippen LogP contribution in [0.3, 0.4) is 0 Å². The molecule has 0 N–H and O–H groups in total. The number of carbonyl (C=O) groups excluding carboxylic acids is 3. The Bertz CT molecular complexity index is 1700. The van der Waals surface area contributed by atoms with Crippen LogP contribution in [0.25, 0.3) is 0 Å². The van der Waals surface area contributed by atoms with Crippen LogP contribution >= 0.6 is 0 Å². The van der Waals surface area contributed by atoms with E-state index in [0.29, 0.717) is 19.3 Å². The van der Waals surface area contributed by atoms with Gasteiger partial charge in [-0.15, -0.1) is 0 Å². The molecule has 0 spiro atoms. The summed E-state index contributed by atoms with van der Waals surface area (Å²) in [5, 5.41) is 0. The van der Waals surface area contributed by atoms with Crippen LogP contribution < -0.4 is 0 Å². The molecule has 0 rings (SSSR count). The second-order valence-electron chi connectivity index (χ2n) is 20.2. The molecule has 0 radical (unpaired) electrons. The zero-order valence-corrected chi connectivity index (χ0v) is 49.7. The van der Waals surface area contributed by atoms with Gasteiger partial charge in [-0.05, 0) is 122 Å². The molecular formula is C71H114O6. The first-order valence-electron chi connectivity index (χ1n) is 31.3. The van der Waals surface area contributed by atoms with Crippen molar-refractivity contribution in [3.8, 4) is 0 Å². The number of carbonyl (C=O) groups is 3. The summed E-state index contributed by atoms with van der Waals surface area (Å²) < 4.78 is 16.8. The Hall–Kier alpha value is -4.71. The van der Waals surface area contributed by atoms with E-state index in [1.807, 2.05) is 0 Å². The maximum atomic E-state index is 12.9.